The number of anilines is 1. The summed E-state index contributed by atoms with van der Waals surface area (Å²) in [5, 5.41) is 7.86. The lowest BCUT2D eigenvalue weighted by Gasteiger charge is -2.06. The van der Waals surface area contributed by atoms with Gasteiger partial charge in [0, 0.05) is 22.5 Å². The molecule has 1 amide bonds. The first kappa shape index (κ1) is 15.4. The number of hydrogen-bond acceptors (Lipinski definition) is 3. The van der Waals surface area contributed by atoms with Crippen LogP contribution in [0.4, 0.5) is 5.69 Å². The number of carbonyl (C=O) groups excluding carboxylic acids is 1. The van der Waals surface area contributed by atoms with Crippen molar-refractivity contribution in [1.82, 2.24) is 14.6 Å². The molecule has 122 valence electrons. The van der Waals surface area contributed by atoms with Crippen molar-refractivity contribution in [2.45, 2.75) is 0 Å². The Morgan fingerprint density at radius 2 is 1.76 bits per heavy atom. The fraction of sp³-hybridized carbons (Fsp3) is 0. The Hall–Kier alpha value is -3.18. The predicted molar refractivity (Wildman–Crippen MR) is 97.8 cm³/mol. The first-order valence-corrected chi connectivity index (χ1v) is 8.05. The number of hydrogen-bond donors (Lipinski definition) is 1. The molecular weight excluding hydrogens is 336 g/mol. The van der Waals surface area contributed by atoms with Crippen LogP contribution in [-0.4, -0.2) is 20.5 Å². The molecule has 0 atom stereocenters. The van der Waals surface area contributed by atoms with Gasteiger partial charge in [0.25, 0.3) is 5.91 Å². The topological polar surface area (TPSA) is 59.3 Å². The Kier molecular flexibility index (Phi) is 3.91. The molecule has 0 aliphatic rings. The number of amides is 1. The molecule has 0 bridgehead atoms. The van der Waals surface area contributed by atoms with Gasteiger partial charge < -0.3 is 5.32 Å². The fourth-order valence-electron chi connectivity index (χ4n) is 2.61. The van der Waals surface area contributed by atoms with Crippen molar-refractivity contribution in [3.05, 3.63) is 83.6 Å². The lowest BCUT2D eigenvalue weighted by Crippen LogP contribution is -2.12. The van der Waals surface area contributed by atoms with Gasteiger partial charge in [0.05, 0.1) is 11.9 Å². The van der Waals surface area contributed by atoms with E-state index in [-0.39, 0.29) is 5.91 Å². The zero-order valence-electron chi connectivity index (χ0n) is 13.1. The van der Waals surface area contributed by atoms with Crippen molar-refractivity contribution in [2.75, 3.05) is 5.32 Å². The van der Waals surface area contributed by atoms with E-state index in [1.807, 2.05) is 60.7 Å². The zero-order chi connectivity index (χ0) is 17.2. The van der Waals surface area contributed by atoms with E-state index in [2.05, 4.69) is 15.4 Å². The van der Waals surface area contributed by atoms with Crippen molar-refractivity contribution in [3.8, 4) is 11.3 Å². The average Bonchev–Trinajstić information content (AvgIpc) is 3.07. The maximum atomic E-state index is 12.6. The van der Waals surface area contributed by atoms with Crippen molar-refractivity contribution in [3.63, 3.8) is 0 Å². The Morgan fingerprint density at radius 1 is 1.00 bits per heavy atom. The fourth-order valence-corrected chi connectivity index (χ4v) is 2.74. The van der Waals surface area contributed by atoms with Crippen molar-refractivity contribution >= 4 is 28.8 Å². The van der Waals surface area contributed by atoms with Gasteiger partial charge in [0.2, 0.25) is 0 Å². The number of para-hydroxylation sites is 1. The highest BCUT2D eigenvalue weighted by Gasteiger charge is 2.16. The summed E-state index contributed by atoms with van der Waals surface area (Å²) in [4.78, 5) is 16.9. The second-order valence-electron chi connectivity index (χ2n) is 5.45. The number of rotatable bonds is 3. The molecule has 0 spiro atoms. The maximum absolute atomic E-state index is 12.6. The molecule has 0 aliphatic heterocycles. The molecule has 0 saturated heterocycles. The minimum Gasteiger partial charge on any atom is -0.322 e. The van der Waals surface area contributed by atoms with Crippen LogP contribution in [0.1, 0.15) is 10.4 Å². The van der Waals surface area contributed by atoms with E-state index in [0.29, 0.717) is 16.2 Å². The Balaban J connectivity index is 1.74. The maximum Gasteiger partial charge on any atom is 0.261 e. The molecule has 0 saturated carbocycles. The van der Waals surface area contributed by atoms with Crippen LogP contribution in [0, 0.1) is 0 Å². The number of benzene rings is 2. The molecule has 0 unspecified atom stereocenters. The quantitative estimate of drug-likeness (QED) is 0.600. The molecule has 4 aromatic rings. The summed E-state index contributed by atoms with van der Waals surface area (Å²) < 4.78 is 1.66. The lowest BCUT2D eigenvalue weighted by molar-refractivity contribution is 0.102. The monoisotopic (exact) mass is 348 g/mol. The first-order chi connectivity index (χ1) is 12.2. The predicted octanol–water partition coefficient (Wildman–Crippen LogP) is 4.30. The Bertz CT molecular complexity index is 1040. The van der Waals surface area contributed by atoms with Crippen LogP contribution in [0.25, 0.3) is 16.9 Å². The Morgan fingerprint density at radius 3 is 2.52 bits per heavy atom. The molecule has 0 fully saturated rings. The van der Waals surface area contributed by atoms with E-state index in [9.17, 15) is 4.79 Å². The summed E-state index contributed by atoms with van der Waals surface area (Å²) >= 11 is 5.95. The standard InChI is InChI=1S/C19H13ClN4O/c20-14-8-6-13(7-9-14)17-10-11-21-18-16(12-22-24(17)18)19(25)23-15-4-2-1-3-5-15/h1-12H,(H,23,25). The van der Waals surface area contributed by atoms with Crippen LogP contribution < -0.4 is 5.32 Å². The summed E-state index contributed by atoms with van der Waals surface area (Å²) in [6.07, 6.45) is 3.19. The minimum atomic E-state index is -0.248. The third-order valence-electron chi connectivity index (χ3n) is 3.82. The van der Waals surface area contributed by atoms with Gasteiger partial charge in [-0.3, -0.25) is 4.79 Å². The number of aromatic nitrogens is 3. The Labute approximate surface area is 148 Å². The largest absolute Gasteiger partial charge is 0.322 e. The third-order valence-corrected chi connectivity index (χ3v) is 4.07. The first-order valence-electron chi connectivity index (χ1n) is 7.67. The zero-order valence-corrected chi connectivity index (χ0v) is 13.8. The van der Waals surface area contributed by atoms with E-state index in [1.165, 1.54) is 6.20 Å². The summed E-state index contributed by atoms with van der Waals surface area (Å²) in [7, 11) is 0. The highest BCUT2D eigenvalue weighted by Crippen LogP contribution is 2.23. The van der Waals surface area contributed by atoms with Gasteiger partial charge in [-0.05, 0) is 30.3 Å². The second-order valence-corrected chi connectivity index (χ2v) is 5.89. The normalized spacial score (nSPS) is 10.8. The molecule has 0 aliphatic carbocycles. The smallest absolute Gasteiger partial charge is 0.261 e. The van der Waals surface area contributed by atoms with Crippen molar-refractivity contribution < 1.29 is 4.79 Å². The van der Waals surface area contributed by atoms with Gasteiger partial charge in [-0.1, -0.05) is 41.9 Å². The number of halogens is 1. The van der Waals surface area contributed by atoms with Crippen LogP contribution in [0.3, 0.4) is 0 Å². The van der Waals surface area contributed by atoms with Gasteiger partial charge in [-0.2, -0.15) is 5.10 Å². The van der Waals surface area contributed by atoms with Gasteiger partial charge in [-0.25, -0.2) is 9.50 Å². The van der Waals surface area contributed by atoms with E-state index in [4.69, 9.17) is 11.6 Å². The van der Waals surface area contributed by atoms with Gasteiger partial charge in [-0.15, -0.1) is 0 Å². The number of fused-ring (bicyclic) bond motifs is 1. The molecule has 6 heteroatoms. The number of nitrogens with zero attached hydrogens (tertiary/aromatic N) is 3. The van der Waals surface area contributed by atoms with Crippen molar-refractivity contribution in [2.24, 2.45) is 0 Å². The molecule has 1 N–H and O–H groups in total. The number of carbonyl (C=O) groups is 1. The van der Waals surface area contributed by atoms with Gasteiger partial charge in [0.1, 0.15) is 5.56 Å². The molecule has 2 heterocycles. The highest BCUT2D eigenvalue weighted by atomic mass is 35.5. The second kappa shape index (κ2) is 6.37. The average molecular weight is 349 g/mol. The van der Waals surface area contributed by atoms with Crippen LogP contribution in [0.15, 0.2) is 73.1 Å². The molecule has 0 radical (unpaired) electrons. The molecular formula is C19H13ClN4O. The SMILES string of the molecule is O=C(Nc1ccccc1)c1cnn2c(-c3ccc(Cl)cc3)ccnc12. The molecule has 4 rings (SSSR count). The van der Waals surface area contributed by atoms with Crippen molar-refractivity contribution in [1.29, 1.82) is 0 Å². The van der Waals surface area contributed by atoms with Gasteiger partial charge >= 0.3 is 0 Å². The minimum absolute atomic E-state index is 0.248. The number of nitrogens with one attached hydrogen (secondary N) is 1. The summed E-state index contributed by atoms with van der Waals surface area (Å²) in [5.74, 6) is -0.248. The van der Waals surface area contributed by atoms with E-state index in [0.717, 1.165) is 16.9 Å². The van der Waals surface area contributed by atoms with Crippen LogP contribution in [0.2, 0.25) is 5.02 Å². The van der Waals surface area contributed by atoms with E-state index >= 15 is 0 Å². The molecule has 2 aromatic heterocycles. The highest BCUT2D eigenvalue weighted by molar-refractivity contribution is 6.30. The molecule has 5 nitrogen and oxygen atoms in total. The molecule has 2 aromatic carbocycles. The van der Waals surface area contributed by atoms with Gasteiger partial charge in [0.15, 0.2) is 5.65 Å². The lowest BCUT2D eigenvalue weighted by atomic mass is 10.1. The van der Waals surface area contributed by atoms with Crippen LogP contribution in [-0.2, 0) is 0 Å². The van der Waals surface area contributed by atoms with Crippen LogP contribution >= 0.6 is 11.6 Å². The third kappa shape index (κ3) is 2.97. The van der Waals surface area contributed by atoms with E-state index < -0.39 is 0 Å². The van der Waals surface area contributed by atoms with Crippen LogP contribution in [0.5, 0.6) is 0 Å². The van der Waals surface area contributed by atoms with E-state index in [1.54, 1.807) is 10.7 Å². The summed E-state index contributed by atoms with van der Waals surface area (Å²) in [5.41, 5.74) is 3.41. The summed E-state index contributed by atoms with van der Waals surface area (Å²) in [6.45, 7) is 0. The summed E-state index contributed by atoms with van der Waals surface area (Å²) in [6, 6.07) is 18.6. The molecule has 25 heavy (non-hydrogen) atoms.